The maximum absolute atomic E-state index is 5.74. The summed E-state index contributed by atoms with van der Waals surface area (Å²) in [4.78, 5) is 9.11. The van der Waals surface area contributed by atoms with Crippen LogP contribution >= 0.6 is 56.7 Å². The Bertz CT molecular complexity index is 1280. The van der Waals surface area contributed by atoms with Gasteiger partial charge in [-0.05, 0) is 35.0 Å². The zero-order valence-electron chi connectivity index (χ0n) is 18.3. The zero-order valence-corrected chi connectivity index (χ0v) is 22.4. The highest BCUT2D eigenvalue weighted by molar-refractivity contribution is 7.30. The third-order valence-corrected chi connectivity index (χ3v) is 10.9. The summed E-state index contributed by atoms with van der Waals surface area (Å²) in [6.45, 7) is 0. The van der Waals surface area contributed by atoms with Gasteiger partial charge < -0.3 is 18.9 Å². The molecule has 33 heavy (non-hydrogen) atoms. The van der Waals surface area contributed by atoms with Gasteiger partial charge in [0.05, 0.1) is 57.7 Å². The van der Waals surface area contributed by atoms with Crippen LogP contribution in [0.15, 0.2) is 47.2 Å². The summed E-state index contributed by atoms with van der Waals surface area (Å²) in [5.41, 5.74) is 0. The van der Waals surface area contributed by atoms with E-state index in [0.717, 1.165) is 52.3 Å². The number of thiophene rings is 5. The molecule has 0 aliphatic heterocycles. The maximum atomic E-state index is 5.74. The molecule has 0 radical (unpaired) electrons. The van der Waals surface area contributed by atoms with Gasteiger partial charge in [0, 0.05) is 21.9 Å². The van der Waals surface area contributed by atoms with Gasteiger partial charge >= 0.3 is 0 Å². The van der Waals surface area contributed by atoms with Gasteiger partial charge in [0.2, 0.25) is 0 Å². The lowest BCUT2D eigenvalue weighted by atomic mass is 10.3. The fourth-order valence-corrected chi connectivity index (χ4v) is 8.93. The molecule has 0 amide bonds. The van der Waals surface area contributed by atoms with Crippen LogP contribution in [0.3, 0.4) is 0 Å². The Labute approximate surface area is 212 Å². The molecule has 0 N–H and O–H groups in total. The average Bonchev–Trinajstić information content (AvgIpc) is 3.66. The first-order valence-corrected chi connectivity index (χ1v) is 14.1. The number of rotatable bonds is 8. The minimum atomic E-state index is 0.876. The molecule has 0 aliphatic carbocycles. The number of methoxy groups -OCH3 is 4. The van der Waals surface area contributed by atoms with Gasteiger partial charge in [0.15, 0.2) is 0 Å². The number of hydrogen-bond acceptors (Lipinski definition) is 9. The van der Waals surface area contributed by atoms with Gasteiger partial charge in [-0.1, -0.05) is 0 Å². The molecule has 9 heteroatoms. The third kappa shape index (κ3) is 4.08. The smallest absolute Gasteiger partial charge is 0.138 e. The van der Waals surface area contributed by atoms with Crippen LogP contribution in [-0.4, -0.2) is 28.4 Å². The van der Waals surface area contributed by atoms with E-state index < -0.39 is 0 Å². The zero-order chi connectivity index (χ0) is 22.9. The van der Waals surface area contributed by atoms with E-state index in [0.29, 0.717) is 0 Å². The summed E-state index contributed by atoms with van der Waals surface area (Å²) in [5, 5.41) is 4.10. The highest BCUT2D eigenvalue weighted by Crippen LogP contribution is 2.52. The Hall–Kier alpha value is -2.30. The molecule has 0 bridgehead atoms. The molecule has 0 unspecified atom stereocenters. The van der Waals surface area contributed by atoms with Crippen molar-refractivity contribution >= 4 is 56.7 Å². The highest BCUT2D eigenvalue weighted by Gasteiger charge is 2.21. The fourth-order valence-electron chi connectivity index (χ4n) is 3.48. The van der Waals surface area contributed by atoms with Crippen LogP contribution in [0, 0.1) is 0 Å². The molecule has 0 aromatic carbocycles. The van der Waals surface area contributed by atoms with Crippen molar-refractivity contribution in [3.63, 3.8) is 0 Å². The van der Waals surface area contributed by atoms with Crippen LogP contribution < -0.4 is 18.9 Å². The second-order valence-corrected chi connectivity index (χ2v) is 11.8. The Morgan fingerprint density at radius 1 is 0.455 bits per heavy atom. The topological polar surface area (TPSA) is 36.9 Å². The second-order valence-electron chi connectivity index (χ2n) is 6.82. The van der Waals surface area contributed by atoms with Gasteiger partial charge in [-0.25, -0.2) is 0 Å². The predicted octanol–water partition coefficient (Wildman–Crippen LogP) is 8.70. The van der Waals surface area contributed by atoms with E-state index in [2.05, 4.69) is 24.3 Å². The SMILES string of the molecule is COc1ccsc1-c1cc(OC)c(-c2ccc(-c3sc(-c4sccc4OC)cc3OC)s2)s1. The molecule has 5 aromatic heterocycles. The molecule has 5 heterocycles. The van der Waals surface area contributed by atoms with Gasteiger partial charge in [0.25, 0.3) is 0 Å². The van der Waals surface area contributed by atoms with Crippen LogP contribution in [0.2, 0.25) is 0 Å². The summed E-state index contributed by atoms with van der Waals surface area (Å²) in [7, 11) is 6.85. The van der Waals surface area contributed by atoms with Crippen molar-refractivity contribution in [3.8, 4) is 62.0 Å². The Morgan fingerprint density at radius 2 is 0.879 bits per heavy atom. The third-order valence-electron chi connectivity index (χ3n) is 5.04. The second kappa shape index (κ2) is 9.52. The minimum absolute atomic E-state index is 0.876. The van der Waals surface area contributed by atoms with Crippen molar-refractivity contribution in [2.45, 2.75) is 0 Å². The van der Waals surface area contributed by atoms with Crippen LogP contribution in [0.4, 0.5) is 0 Å². The standard InChI is InChI=1S/C24H20O4S5/c1-25-13-7-9-29-21(13)19-11-15(27-3)23(32-19)17-5-6-18(31-17)24-16(28-4)12-20(33-24)22-14(26-2)8-10-30-22/h5-12H,1-4H3. The Balaban J connectivity index is 1.53. The van der Waals surface area contributed by atoms with Gasteiger partial charge in [-0.2, -0.15) is 0 Å². The monoisotopic (exact) mass is 532 g/mol. The van der Waals surface area contributed by atoms with Crippen molar-refractivity contribution in [1.29, 1.82) is 0 Å². The molecule has 0 fully saturated rings. The lowest BCUT2D eigenvalue weighted by Crippen LogP contribution is -1.81. The largest absolute Gasteiger partial charge is 0.495 e. The summed E-state index contributed by atoms with van der Waals surface area (Å²) < 4.78 is 22.5. The van der Waals surface area contributed by atoms with E-state index in [1.165, 1.54) is 9.75 Å². The Morgan fingerprint density at radius 3 is 1.27 bits per heavy atom. The van der Waals surface area contributed by atoms with Crippen molar-refractivity contribution in [3.05, 3.63) is 47.2 Å². The van der Waals surface area contributed by atoms with Crippen molar-refractivity contribution in [2.75, 3.05) is 28.4 Å². The van der Waals surface area contributed by atoms with E-state index in [9.17, 15) is 0 Å². The van der Waals surface area contributed by atoms with Gasteiger partial charge in [0.1, 0.15) is 23.0 Å². The van der Waals surface area contributed by atoms with Gasteiger partial charge in [-0.15, -0.1) is 56.7 Å². The summed E-state index contributed by atoms with van der Waals surface area (Å²) in [5.74, 6) is 3.53. The van der Waals surface area contributed by atoms with E-state index in [4.69, 9.17) is 18.9 Å². The Kier molecular flexibility index (Phi) is 6.49. The molecule has 0 aliphatic rings. The predicted molar refractivity (Wildman–Crippen MR) is 144 cm³/mol. The first kappa shape index (κ1) is 22.5. The van der Waals surface area contributed by atoms with Crippen LogP contribution in [0.25, 0.3) is 39.0 Å². The molecule has 4 nitrogen and oxygen atoms in total. The molecule has 5 rings (SSSR count). The van der Waals surface area contributed by atoms with Crippen molar-refractivity contribution < 1.29 is 18.9 Å². The van der Waals surface area contributed by atoms with E-state index in [1.54, 1.807) is 85.1 Å². The first-order valence-electron chi connectivity index (χ1n) is 9.86. The van der Waals surface area contributed by atoms with E-state index >= 15 is 0 Å². The van der Waals surface area contributed by atoms with E-state index in [1.807, 2.05) is 22.9 Å². The average molecular weight is 533 g/mol. The summed E-state index contributed by atoms with van der Waals surface area (Å²) in [6, 6.07) is 12.5. The number of ether oxygens (including phenoxy) is 4. The summed E-state index contributed by atoms with van der Waals surface area (Å²) in [6.07, 6.45) is 0. The minimum Gasteiger partial charge on any atom is -0.495 e. The summed E-state index contributed by atoms with van der Waals surface area (Å²) >= 11 is 8.54. The van der Waals surface area contributed by atoms with Crippen LogP contribution in [0.1, 0.15) is 0 Å². The molecule has 0 saturated heterocycles. The fraction of sp³-hybridized carbons (Fsp3) is 0.167. The molecule has 5 aromatic rings. The van der Waals surface area contributed by atoms with Gasteiger partial charge in [-0.3, -0.25) is 0 Å². The molecule has 0 atom stereocenters. The normalized spacial score (nSPS) is 11.0. The maximum Gasteiger partial charge on any atom is 0.138 e. The van der Waals surface area contributed by atoms with Crippen LogP contribution in [-0.2, 0) is 0 Å². The van der Waals surface area contributed by atoms with E-state index in [-0.39, 0.29) is 0 Å². The quantitative estimate of drug-likeness (QED) is 0.200. The van der Waals surface area contributed by atoms with Crippen molar-refractivity contribution in [1.82, 2.24) is 0 Å². The number of hydrogen-bond donors (Lipinski definition) is 0. The molecular weight excluding hydrogens is 513 g/mol. The molecular formula is C24H20O4S5. The lowest BCUT2D eigenvalue weighted by Gasteiger charge is -2.00. The molecule has 170 valence electrons. The first-order chi connectivity index (χ1) is 16.2. The van der Waals surface area contributed by atoms with Crippen molar-refractivity contribution in [2.24, 2.45) is 0 Å². The highest BCUT2D eigenvalue weighted by atomic mass is 32.1. The lowest BCUT2D eigenvalue weighted by molar-refractivity contribution is 0.417. The molecule has 0 spiro atoms. The van der Waals surface area contributed by atoms with Crippen LogP contribution in [0.5, 0.6) is 23.0 Å². The molecule has 0 saturated carbocycles.